The van der Waals surface area contributed by atoms with Gasteiger partial charge in [0.2, 0.25) is 0 Å². The molecule has 2 heteroatoms. The molecule has 0 saturated carbocycles. The summed E-state index contributed by atoms with van der Waals surface area (Å²) in [5.41, 5.74) is -0.0166. The molecule has 0 saturated heterocycles. The highest BCUT2D eigenvalue weighted by Crippen LogP contribution is 2.28. The molecule has 2 nitrogen and oxygen atoms in total. The molecule has 0 radical (unpaired) electrons. The minimum Gasteiger partial charge on any atom is -0.366 e. The lowest BCUT2D eigenvalue weighted by Crippen LogP contribution is -2.33. The predicted octanol–water partition coefficient (Wildman–Crippen LogP) is 2.29. The van der Waals surface area contributed by atoms with Crippen molar-refractivity contribution in [1.29, 1.82) is 0 Å². The molecule has 0 unspecified atom stereocenters. The van der Waals surface area contributed by atoms with Crippen LogP contribution in [0.4, 0.5) is 0 Å². The largest absolute Gasteiger partial charge is 0.366 e. The van der Waals surface area contributed by atoms with Crippen molar-refractivity contribution in [1.82, 2.24) is 0 Å². The maximum atomic E-state index is 9.54. The van der Waals surface area contributed by atoms with Gasteiger partial charge in [-0.1, -0.05) is 34.1 Å². The standard InChI is InChI=1S/C10H22O2/c1-5-6-7-10(11,12)8-9(2,3)4/h11-12H,5-8H2,1-4H3. The molecule has 2 N–H and O–H groups in total. The van der Waals surface area contributed by atoms with Gasteiger partial charge in [0, 0.05) is 12.8 Å². The molecule has 0 bridgehead atoms. The lowest BCUT2D eigenvalue weighted by atomic mass is 9.86. The Balaban J connectivity index is 3.86. The second-order valence-corrected chi connectivity index (χ2v) is 4.82. The number of unbranched alkanes of at least 4 members (excludes halogenated alkanes) is 1. The summed E-state index contributed by atoms with van der Waals surface area (Å²) in [5.74, 6) is -1.46. The van der Waals surface area contributed by atoms with E-state index in [1.54, 1.807) is 0 Å². The molecule has 0 aromatic heterocycles. The fourth-order valence-electron chi connectivity index (χ4n) is 1.40. The van der Waals surface area contributed by atoms with Gasteiger partial charge in [-0.3, -0.25) is 0 Å². The van der Waals surface area contributed by atoms with Crippen LogP contribution < -0.4 is 0 Å². The first-order chi connectivity index (χ1) is 5.27. The van der Waals surface area contributed by atoms with E-state index in [9.17, 15) is 10.2 Å². The molecule has 0 heterocycles. The van der Waals surface area contributed by atoms with Crippen LogP contribution in [-0.2, 0) is 0 Å². The first kappa shape index (κ1) is 11.9. The van der Waals surface area contributed by atoms with Gasteiger partial charge in [-0.15, -0.1) is 0 Å². The average Bonchev–Trinajstić information content (AvgIpc) is 1.78. The van der Waals surface area contributed by atoms with E-state index >= 15 is 0 Å². The van der Waals surface area contributed by atoms with Crippen LogP contribution in [0.5, 0.6) is 0 Å². The predicted molar refractivity (Wildman–Crippen MR) is 50.8 cm³/mol. The molecule has 0 rings (SSSR count). The minimum absolute atomic E-state index is 0.0166. The molecular formula is C10H22O2. The van der Waals surface area contributed by atoms with E-state index in [0.717, 1.165) is 12.8 Å². The van der Waals surface area contributed by atoms with Gasteiger partial charge in [-0.25, -0.2) is 0 Å². The summed E-state index contributed by atoms with van der Waals surface area (Å²) in [7, 11) is 0. The number of hydrogen-bond donors (Lipinski definition) is 2. The third-order valence-electron chi connectivity index (χ3n) is 1.74. The molecule has 0 fully saturated rings. The molecule has 0 aromatic carbocycles. The highest BCUT2D eigenvalue weighted by molar-refractivity contribution is 4.73. The van der Waals surface area contributed by atoms with Gasteiger partial charge in [0.25, 0.3) is 0 Å². The van der Waals surface area contributed by atoms with Crippen LogP contribution in [0.1, 0.15) is 53.4 Å². The zero-order valence-electron chi connectivity index (χ0n) is 8.72. The van der Waals surface area contributed by atoms with E-state index in [1.807, 2.05) is 27.7 Å². The van der Waals surface area contributed by atoms with Gasteiger partial charge in [0.05, 0.1) is 0 Å². The lowest BCUT2D eigenvalue weighted by molar-refractivity contribution is -0.185. The van der Waals surface area contributed by atoms with E-state index in [2.05, 4.69) is 0 Å². The molecule has 0 amide bonds. The quantitative estimate of drug-likeness (QED) is 0.642. The van der Waals surface area contributed by atoms with Crippen LogP contribution in [0.25, 0.3) is 0 Å². The fraction of sp³-hybridized carbons (Fsp3) is 1.00. The highest BCUT2D eigenvalue weighted by Gasteiger charge is 2.28. The van der Waals surface area contributed by atoms with E-state index in [-0.39, 0.29) is 5.41 Å². The summed E-state index contributed by atoms with van der Waals surface area (Å²) in [6.07, 6.45) is 2.82. The SMILES string of the molecule is CCCCC(O)(O)CC(C)(C)C. The highest BCUT2D eigenvalue weighted by atomic mass is 16.5. The van der Waals surface area contributed by atoms with Crippen molar-refractivity contribution < 1.29 is 10.2 Å². The zero-order valence-corrected chi connectivity index (χ0v) is 8.72. The molecule has 0 aromatic rings. The van der Waals surface area contributed by atoms with Gasteiger partial charge < -0.3 is 10.2 Å². The third kappa shape index (κ3) is 6.62. The minimum atomic E-state index is -1.46. The molecule has 12 heavy (non-hydrogen) atoms. The molecule has 0 spiro atoms. The maximum Gasteiger partial charge on any atom is 0.162 e. The van der Waals surface area contributed by atoms with Gasteiger partial charge in [-0.05, 0) is 11.8 Å². The Morgan fingerprint density at radius 1 is 1.08 bits per heavy atom. The number of rotatable bonds is 4. The van der Waals surface area contributed by atoms with Gasteiger partial charge in [-0.2, -0.15) is 0 Å². The van der Waals surface area contributed by atoms with Gasteiger partial charge in [0.15, 0.2) is 5.79 Å². The fourth-order valence-corrected chi connectivity index (χ4v) is 1.40. The molecule has 0 aliphatic carbocycles. The third-order valence-corrected chi connectivity index (χ3v) is 1.74. The molecule has 0 atom stereocenters. The van der Waals surface area contributed by atoms with Crippen LogP contribution in [0, 0.1) is 5.41 Å². The Labute approximate surface area is 75.6 Å². The zero-order chi connectivity index (χ0) is 9.83. The second-order valence-electron chi connectivity index (χ2n) is 4.82. The summed E-state index contributed by atoms with van der Waals surface area (Å²) >= 11 is 0. The summed E-state index contributed by atoms with van der Waals surface area (Å²) < 4.78 is 0. The summed E-state index contributed by atoms with van der Waals surface area (Å²) in [6.45, 7) is 8.09. The Morgan fingerprint density at radius 2 is 1.58 bits per heavy atom. The summed E-state index contributed by atoms with van der Waals surface area (Å²) in [5, 5.41) is 19.1. The van der Waals surface area contributed by atoms with Crippen LogP contribution >= 0.6 is 0 Å². The summed E-state index contributed by atoms with van der Waals surface area (Å²) in [6, 6.07) is 0. The van der Waals surface area contributed by atoms with E-state index in [1.165, 1.54) is 0 Å². The van der Waals surface area contributed by atoms with Crippen molar-refractivity contribution in [3.8, 4) is 0 Å². The summed E-state index contributed by atoms with van der Waals surface area (Å²) in [4.78, 5) is 0. The van der Waals surface area contributed by atoms with Crippen LogP contribution in [0.2, 0.25) is 0 Å². The smallest absolute Gasteiger partial charge is 0.162 e. The van der Waals surface area contributed by atoms with Crippen LogP contribution in [0.3, 0.4) is 0 Å². The number of aliphatic hydroxyl groups is 2. The van der Waals surface area contributed by atoms with Crippen LogP contribution in [-0.4, -0.2) is 16.0 Å². The maximum absolute atomic E-state index is 9.54. The first-order valence-electron chi connectivity index (χ1n) is 4.71. The Hall–Kier alpha value is -0.0800. The average molecular weight is 174 g/mol. The monoisotopic (exact) mass is 174 g/mol. The second kappa shape index (κ2) is 4.24. The van der Waals surface area contributed by atoms with Gasteiger partial charge in [0.1, 0.15) is 0 Å². The normalized spacial score (nSPS) is 13.5. The van der Waals surface area contributed by atoms with Crippen LogP contribution in [0.15, 0.2) is 0 Å². The van der Waals surface area contributed by atoms with Crippen molar-refractivity contribution >= 4 is 0 Å². The molecule has 74 valence electrons. The van der Waals surface area contributed by atoms with E-state index in [0.29, 0.717) is 12.8 Å². The van der Waals surface area contributed by atoms with Gasteiger partial charge >= 0.3 is 0 Å². The van der Waals surface area contributed by atoms with Crippen molar-refractivity contribution in [2.24, 2.45) is 5.41 Å². The number of hydrogen-bond acceptors (Lipinski definition) is 2. The van der Waals surface area contributed by atoms with Crippen molar-refractivity contribution in [3.63, 3.8) is 0 Å². The lowest BCUT2D eigenvalue weighted by Gasteiger charge is -2.29. The van der Waals surface area contributed by atoms with E-state index in [4.69, 9.17) is 0 Å². The van der Waals surface area contributed by atoms with Crippen molar-refractivity contribution in [2.75, 3.05) is 0 Å². The first-order valence-corrected chi connectivity index (χ1v) is 4.71. The Morgan fingerprint density at radius 3 is 1.92 bits per heavy atom. The Bertz CT molecular complexity index is 122. The Kier molecular flexibility index (Phi) is 4.21. The topological polar surface area (TPSA) is 40.5 Å². The van der Waals surface area contributed by atoms with Crippen molar-refractivity contribution in [3.05, 3.63) is 0 Å². The van der Waals surface area contributed by atoms with Crippen molar-refractivity contribution in [2.45, 2.75) is 59.2 Å². The molecule has 0 aliphatic heterocycles. The van der Waals surface area contributed by atoms with E-state index < -0.39 is 5.79 Å². The molecular weight excluding hydrogens is 152 g/mol. The molecule has 0 aliphatic rings.